The number of alkyl halides is 1. The van der Waals surface area contributed by atoms with Crippen molar-refractivity contribution in [3.05, 3.63) is 143 Å². The molecule has 364 valence electrons. The Balaban J connectivity index is 0.000000255. The summed E-state index contributed by atoms with van der Waals surface area (Å²) in [5.41, 5.74) is 3.31. The number of halogens is 1. The molecule has 18 nitrogen and oxygen atoms in total. The van der Waals surface area contributed by atoms with E-state index in [1.165, 1.54) is 13.8 Å². The molecule has 0 fully saturated rings. The third kappa shape index (κ3) is 18.8. The van der Waals surface area contributed by atoms with E-state index in [2.05, 4.69) is 5.32 Å². The van der Waals surface area contributed by atoms with E-state index in [1.807, 2.05) is 60.7 Å². The van der Waals surface area contributed by atoms with E-state index in [1.54, 1.807) is 48.5 Å². The first kappa shape index (κ1) is 53.9. The number of esters is 6. The number of carbonyl (C=O) groups excluding carboxylic acids is 10. The van der Waals surface area contributed by atoms with Crippen molar-refractivity contribution in [2.75, 3.05) is 12.4 Å². The maximum absolute atomic E-state index is 12.4. The molecule has 0 saturated heterocycles. The highest BCUT2D eigenvalue weighted by atomic mass is 35.5. The first-order valence-corrected chi connectivity index (χ1v) is 22.3. The lowest BCUT2D eigenvalue weighted by molar-refractivity contribution is -0.189. The Morgan fingerprint density at radius 2 is 0.855 bits per heavy atom. The van der Waals surface area contributed by atoms with Gasteiger partial charge in [-0.05, 0) is 48.2 Å². The Morgan fingerprint density at radius 3 is 1.25 bits per heavy atom. The fourth-order valence-electron chi connectivity index (χ4n) is 6.31. The van der Waals surface area contributed by atoms with E-state index < -0.39 is 60.2 Å². The number of amides is 4. The van der Waals surface area contributed by atoms with Crippen LogP contribution in [0.1, 0.15) is 118 Å². The second-order valence-electron chi connectivity index (χ2n) is 15.0. The predicted octanol–water partition coefficient (Wildman–Crippen LogP) is 6.55. The molecule has 0 aromatic heterocycles. The van der Waals surface area contributed by atoms with Crippen molar-refractivity contribution in [1.29, 1.82) is 0 Å². The van der Waals surface area contributed by atoms with Crippen LogP contribution in [0.25, 0.3) is 0 Å². The van der Waals surface area contributed by atoms with Crippen LogP contribution in [0.2, 0.25) is 0 Å². The van der Waals surface area contributed by atoms with Gasteiger partial charge in [-0.15, -0.1) is 11.6 Å². The average molecular weight is 971 g/mol. The molecule has 2 aliphatic heterocycles. The summed E-state index contributed by atoms with van der Waals surface area (Å²) in [6.07, 6.45) is -1.68. The van der Waals surface area contributed by atoms with Gasteiger partial charge in [-0.2, -0.15) is 0 Å². The van der Waals surface area contributed by atoms with Gasteiger partial charge in [-0.3, -0.25) is 58.2 Å². The van der Waals surface area contributed by atoms with Crippen LogP contribution in [0.5, 0.6) is 0 Å². The van der Waals surface area contributed by atoms with E-state index in [0.29, 0.717) is 41.0 Å². The fraction of sp³-hybridized carbons (Fsp3) is 0.320. The zero-order chi connectivity index (χ0) is 50.1. The molecule has 4 amide bonds. The molecule has 4 aromatic rings. The third-order valence-electron chi connectivity index (χ3n) is 9.59. The number of ether oxygens (including phenoxy) is 6. The van der Waals surface area contributed by atoms with Crippen LogP contribution in [0.3, 0.4) is 0 Å². The Bertz CT molecular complexity index is 2380. The molecule has 0 spiro atoms. The van der Waals surface area contributed by atoms with Crippen molar-refractivity contribution in [1.82, 2.24) is 10.2 Å². The van der Waals surface area contributed by atoms with Crippen LogP contribution in [0, 0.1) is 0 Å². The summed E-state index contributed by atoms with van der Waals surface area (Å²) in [7, 11) is 0. The van der Waals surface area contributed by atoms with Crippen LogP contribution in [0.15, 0.2) is 109 Å². The molecule has 0 radical (unpaired) electrons. The van der Waals surface area contributed by atoms with Gasteiger partial charge in [0.15, 0.2) is 0 Å². The second kappa shape index (κ2) is 28.4. The minimum Gasteiger partial charge on any atom is -0.461 e. The Morgan fingerprint density at radius 1 is 0.493 bits per heavy atom. The topological polar surface area (TPSA) is 241 Å². The SMILES string of the molecule is CC(=O)OC(CCCCl)OC(=O)CCC(=O)OCc1ccccc1.CC(=O)OC(CCCN1C(=O)c2ccccc2C1=O)OC(=O)CCC(=O)OCc1ccccc1.O=C1NC(=O)c2ccccc21. The number of fused-ring (bicyclic) bond motifs is 2. The number of carbonyl (C=O) groups is 10. The van der Waals surface area contributed by atoms with Gasteiger partial charge in [0, 0.05) is 39.1 Å². The molecule has 2 atom stereocenters. The summed E-state index contributed by atoms with van der Waals surface area (Å²) in [5, 5.41) is 2.20. The highest BCUT2D eigenvalue weighted by Crippen LogP contribution is 2.23. The standard InChI is InChI=1S/C25H25NO8.C17H21ClO6.C8H5NO2/c1-17(27)33-23(12-7-15-26-24(30)19-10-5-6-11-20(19)25(26)31)34-22(29)14-13-21(28)32-16-18-8-3-2-4-9-18;1-13(19)23-17(8-5-11-18)24-16(21)10-9-15(20)22-12-14-6-3-2-4-7-14;10-7-5-3-1-2-4-6(5)8(11)9-7/h2-6,8-11,23H,7,12-16H2,1H3;2-4,6-7,17H,5,8-12H2,1H3;1-4H,(H,9,10,11). The van der Waals surface area contributed by atoms with E-state index in [-0.39, 0.29) is 70.1 Å². The Kier molecular flexibility index (Phi) is 22.2. The first-order valence-electron chi connectivity index (χ1n) is 21.7. The van der Waals surface area contributed by atoms with Crippen LogP contribution >= 0.6 is 11.6 Å². The molecule has 0 bridgehead atoms. The number of hydrogen-bond donors (Lipinski definition) is 1. The molecular weight excluding hydrogens is 920 g/mol. The molecule has 2 unspecified atom stereocenters. The number of benzene rings is 4. The van der Waals surface area contributed by atoms with Crippen molar-refractivity contribution in [3.63, 3.8) is 0 Å². The van der Waals surface area contributed by atoms with Crippen molar-refractivity contribution < 1.29 is 76.4 Å². The van der Waals surface area contributed by atoms with E-state index in [9.17, 15) is 47.9 Å². The van der Waals surface area contributed by atoms with Gasteiger partial charge >= 0.3 is 35.8 Å². The lowest BCUT2D eigenvalue weighted by Crippen LogP contribution is -2.32. The maximum Gasteiger partial charge on any atom is 0.309 e. The molecule has 2 aliphatic rings. The second-order valence-corrected chi connectivity index (χ2v) is 15.3. The van der Waals surface area contributed by atoms with Crippen LogP contribution < -0.4 is 5.32 Å². The summed E-state index contributed by atoms with van der Waals surface area (Å²) < 4.78 is 30.3. The largest absolute Gasteiger partial charge is 0.461 e. The summed E-state index contributed by atoms with van der Waals surface area (Å²) in [4.78, 5) is 118. The first-order chi connectivity index (χ1) is 33.1. The van der Waals surface area contributed by atoms with Gasteiger partial charge in [-0.1, -0.05) is 84.9 Å². The van der Waals surface area contributed by atoms with Crippen LogP contribution in [0.4, 0.5) is 0 Å². The summed E-state index contributed by atoms with van der Waals surface area (Å²) >= 11 is 5.56. The number of rotatable bonds is 21. The molecule has 1 N–H and O–H groups in total. The van der Waals surface area contributed by atoms with E-state index in [0.717, 1.165) is 16.0 Å². The zero-order valence-electron chi connectivity index (χ0n) is 37.9. The van der Waals surface area contributed by atoms with Gasteiger partial charge in [-0.25, -0.2) is 0 Å². The quantitative estimate of drug-likeness (QED) is 0.0306. The van der Waals surface area contributed by atoms with Crippen LogP contribution in [-0.4, -0.2) is 89.3 Å². The lowest BCUT2D eigenvalue weighted by Gasteiger charge is -2.19. The molecular formula is C50H51ClN2O16. The van der Waals surface area contributed by atoms with Crippen molar-refractivity contribution in [3.8, 4) is 0 Å². The van der Waals surface area contributed by atoms with E-state index in [4.69, 9.17) is 40.0 Å². The van der Waals surface area contributed by atoms with Gasteiger partial charge in [0.05, 0.1) is 47.9 Å². The van der Waals surface area contributed by atoms with Crippen molar-refractivity contribution >= 4 is 71.0 Å². The number of nitrogens with one attached hydrogen (secondary N) is 1. The molecule has 4 aromatic carbocycles. The van der Waals surface area contributed by atoms with Crippen molar-refractivity contribution in [2.24, 2.45) is 0 Å². The third-order valence-corrected chi connectivity index (χ3v) is 9.86. The molecule has 0 saturated carbocycles. The van der Waals surface area contributed by atoms with Gasteiger partial charge in [0.2, 0.25) is 12.6 Å². The summed E-state index contributed by atoms with van der Waals surface area (Å²) in [6.45, 7) is 2.73. The van der Waals surface area contributed by atoms with Crippen molar-refractivity contribution in [2.45, 2.75) is 91.0 Å². The monoisotopic (exact) mass is 970 g/mol. The summed E-state index contributed by atoms with van der Waals surface area (Å²) in [5.74, 6) is -4.65. The minimum atomic E-state index is -1.19. The normalized spacial score (nSPS) is 12.8. The smallest absolute Gasteiger partial charge is 0.309 e. The molecule has 69 heavy (non-hydrogen) atoms. The molecule has 6 rings (SSSR count). The number of nitrogens with zero attached hydrogens (tertiary/aromatic N) is 1. The highest BCUT2D eigenvalue weighted by molar-refractivity contribution is 6.22. The molecule has 19 heteroatoms. The number of imide groups is 2. The summed E-state index contributed by atoms with van der Waals surface area (Å²) in [6, 6.07) is 31.6. The maximum atomic E-state index is 12.4. The number of hydrogen-bond acceptors (Lipinski definition) is 16. The van der Waals surface area contributed by atoms with Gasteiger partial charge < -0.3 is 28.4 Å². The van der Waals surface area contributed by atoms with E-state index >= 15 is 0 Å². The Hall–Kier alpha value is -7.73. The lowest BCUT2D eigenvalue weighted by atomic mass is 10.1. The fourth-order valence-corrected chi connectivity index (χ4v) is 6.47. The average Bonchev–Trinajstić information content (AvgIpc) is 3.77. The molecule has 0 aliphatic carbocycles. The highest BCUT2D eigenvalue weighted by Gasteiger charge is 2.35. The van der Waals surface area contributed by atoms with Gasteiger partial charge in [0.1, 0.15) is 13.2 Å². The molecule has 2 heterocycles. The van der Waals surface area contributed by atoms with Gasteiger partial charge in [0.25, 0.3) is 23.6 Å². The predicted molar refractivity (Wildman–Crippen MR) is 243 cm³/mol. The Labute approximate surface area is 402 Å². The minimum absolute atomic E-state index is 0.0769. The zero-order valence-corrected chi connectivity index (χ0v) is 38.6. The van der Waals surface area contributed by atoms with Crippen LogP contribution in [-0.2, 0) is 70.4 Å².